The van der Waals surface area contributed by atoms with Gasteiger partial charge in [0, 0.05) is 54.5 Å². The lowest BCUT2D eigenvalue weighted by Gasteiger charge is -2.53. The van der Waals surface area contributed by atoms with E-state index >= 15 is 0 Å². The van der Waals surface area contributed by atoms with E-state index in [1.54, 1.807) is 23.4 Å². The van der Waals surface area contributed by atoms with Crippen LogP contribution in [-0.2, 0) is 11.3 Å². The topological polar surface area (TPSA) is 73.7 Å². The van der Waals surface area contributed by atoms with Crippen molar-refractivity contribution >= 4 is 11.8 Å². The van der Waals surface area contributed by atoms with Gasteiger partial charge in [0.15, 0.2) is 0 Å². The highest BCUT2D eigenvalue weighted by Gasteiger charge is 2.57. The van der Waals surface area contributed by atoms with Crippen LogP contribution in [-0.4, -0.2) is 63.1 Å². The Balaban J connectivity index is 1.51. The van der Waals surface area contributed by atoms with Crippen molar-refractivity contribution in [1.29, 1.82) is 0 Å². The van der Waals surface area contributed by atoms with E-state index in [0.717, 1.165) is 18.4 Å². The van der Waals surface area contributed by atoms with Crippen LogP contribution >= 0.6 is 0 Å². The number of piperidine rings is 1. The van der Waals surface area contributed by atoms with E-state index < -0.39 is 35.4 Å². The number of β-amino-alcohol motifs (C(OH)–C–C–N with tert-alkyl or cyclic N) is 1. The summed E-state index contributed by atoms with van der Waals surface area (Å²) in [6.45, 7) is 2.27. The molecule has 0 aromatic carbocycles. The number of likely N-dealkylation sites (tertiary alicyclic amines) is 1. The summed E-state index contributed by atoms with van der Waals surface area (Å²) in [6, 6.07) is 1.68. The Morgan fingerprint density at radius 2 is 2.00 bits per heavy atom. The molecule has 9 heteroatoms. The van der Waals surface area contributed by atoms with Crippen molar-refractivity contribution in [2.75, 3.05) is 19.6 Å². The minimum Gasteiger partial charge on any atom is -0.387 e. The first-order chi connectivity index (χ1) is 14.5. The molecule has 1 aromatic heterocycles. The van der Waals surface area contributed by atoms with Gasteiger partial charge in [-0.2, -0.15) is 13.2 Å². The van der Waals surface area contributed by atoms with Gasteiger partial charge in [-0.05, 0) is 25.3 Å². The van der Waals surface area contributed by atoms with Crippen molar-refractivity contribution < 1.29 is 27.9 Å². The smallest absolute Gasteiger partial charge is 0.387 e. The van der Waals surface area contributed by atoms with Gasteiger partial charge in [0.2, 0.25) is 5.91 Å². The van der Waals surface area contributed by atoms with Crippen molar-refractivity contribution in [3.8, 4) is 0 Å². The fourth-order valence-electron chi connectivity index (χ4n) is 5.69. The molecule has 4 rings (SSSR count). The molecule has 2 fully saturated rings. The maximum atomic E-state index is 12.8. The van der Waals surface area contributed by atoms with Gasteiger partial charge in [0.25, 0.3) is 5.91 Å². The first-order valence-corrected chi connectivity index (χ1v) is 10.8. The van der Waals surface area contributed by atoms with Crippen LogP contribution in [0, 0.1) is 11.3 Å². The van der Waals surface area contributed by atoms with Gasteiger partial charge in [-0.15, -0.1) is 0 Å². The molecule has 1 saturated heterocycles. The van der Waals surface area contributed by atoms with Gasteiger partial charge in [-0.1, -0.05) is 19.8 Å². The highest BCUT2D eigenvalue weighted by atomic mass is 19.4. The van der Waals surface area contributed by atoms with Crippen molar-refractivity contribution in [2.24, 2.45) is 11.3 Å². The van der Waals surface area contributed by atoms with Gasteiger partial charge in [0.1, 0.15) is 0 Å². The van der Waals surface area contributed by atoms with Crippen molar-refractivity contribution in [2.45, 2.75) is 63.8 Å². The number of carbonyl (C=O) groups is 2. The molecule has 0 bridgehead atoms. The summed E-state index contributed by atoms with van der Waals surface area (Å²) in [5, 5.41) is 11.8. The summed E-state index contributed by atoms with van der Waals surface area (Å²) in [5.41, 5.74) is -0.372. The first-order valence-electron chi connectivity index (χ1n) is 10.8. The highest BCUT2D eigenvalue weighted by Crippen LogP contribution is 2.52. The zero-order valence-corrected chi connectivity index (χ0v) is 17.6. The number of amides is 2. The number of pyridine rings is 1. The molecular formula is C22H28F3N3O3. The normalized spacial score (nSPS) is 26.4. The van der Waals surface area contributed by atoms with Crippen LogP contribution in [0.25, 0.3) is 0 Å². The number of halogens is 3. The first kappa shape index (κ1) is 22.0. The largest absolute Gasteiger partial charge is 0.389 e. The Morgan fingerprint density at radius 3 is 2.65 bits per heavy atom. The number of rotatable bonds is 4. The van der Waals surface area contributed by atoms with Crippen LogP contribution in [0.1, 0.15) is 61.4 Å². The molecule has 1 N–H and O–H groups in total. The molecule has 31 heavy (non-hydrogen) atoms. The van der Waals surface area contributed by atoms with Crippen LogP contribution in [0.15, 0.2) is 18.5 Å². The molecule has 3 aliphatic rings. The summed E-state index contributed by atoms with van der Waals surface area (Å²) in [6.07, 6.45) is 1.10. The van der Waals surface area contributed by atoms with Crippen LogP contribution in [0.4, 0.5) is 13.2 Å². The molecule has 3 heterocycles. The van der Waals surface area contributed by atoms with E-state index in [-0.39, 0.29) is 32.0 Å². The Bertz CT molecular complexity index is 869. The maximum absolute atomic E-state index is 12.8. The van der Waals surface area contributed by atoms with Gasteiger partial charge in [-0.25, -0.2) is 0 Å². The standard InChI is InChI=1S/C22H28F3N3O3/c1-15(10-22(23,24)25)18(29)27-9-7-21(31,20(13-27)5-2-3-6-20)14-28-12-16-11-26-8-4-17(16)19(28)30/h4,8,11,15,31H,2-3,5-7,9-10,12-14H2,1H3. The highest BCUT2D eigenvalue weighted by molar-refractivity contribution is 5.98. The average Bonchev–Trinajstić information content (AvgIpc) is 3.29. The third kappa shape index (κ3) is 4.04. The summed E-state index contributed by atoms with van der Waals surface area (Å²) < 4.78 is 38.3. The fourth-order valence-corrected chi connectivity index (χ4v) is 5.69. The number of nitrogens with zero attached hydrogens (tertiary/aromatic N) is 3. The minimum absolute atomic E-state index is 0.142. The van der Waals surface area contributed by atoms with Gasteiger partial charge in [-0.3, -0.25) is 14.6 Å². The average molecular weight is 439 g/mol. The van der Waals surface area contributed by atoms with Crippen molar-refractivity contribution in [1.82, 2.24) is 14.8 Å². The molecular weight excluding hydrogens is 411 g/mol. The number of alkyl halides is 3. The third-order valence-electron chi connectivity index (χ3n) is 7.34. The molecule has 2 amide bonds. The molecule has 1 saturated carbocycles. The maximum Gasteiger partial charge on any atom is 0.389 e. The van der Waals surface area contributed by atoms with Crippen LogP contribution in [0.2, 0.25) is 0 Å². The number of hydrogen-bond donors (Lipinski definition) is 1. The Hall–Kier alpha value is -2.16. The molecule has 170 valence electrons. The molecule has 1 spiro atoms. The molecule has 1 aliphatic carbocycles. The molecule has 1 aromatic rings. The lowest BCUT2D eigenvalue weighted by Crippen LogP contribution is -2.64. The van der Waals surface area contributed by atoms with Crippen LogP contribution in [0.3, 0.4) is 0 Å². The van der Waals surface area contributed by atoms with Gasteiger partial charge >= 0.3 is 6.18 Å². The van der Waals surface area contributed by atoms with E-state index in [4.69, 9.17) is 0 Å². The second-order valence-corrected chi connectivity index (χ2v) is 9.44. The number of carbonyl (C=O) groups excluding carboxylic acids is 2. The number of hydrogen-bond acceptors (Lipinski definition) is 4. The Morgan fingerprint density at radius 1 is 1.29 bits per heavy atom. The van der Waals surface area contributed by atoms with Gasteiger partial charge < -0.3 is 14.9 Å². The molecule has 6 nitrogen and oxygen atoms in total. The van der Waals surface area contributed by atoms with Crippen molar-refractivity contribution in [3.05, 3.63) is 29.6 Å². The predicted molar refractivity (Wildman–Crippen MR) is 106 cm³/mol. The summed E-state index contributed by atoms with van der Waals surface area (Å²) in [4.78, 5) is 32.8. The molecule has 0 radical (unpaired) electrons. The van der Waals surface area contributed by atoms with E-state index in [2.05, 4.69) is 4.98 Å². The molecule has 2 unspecified atom stereocenters. The zero-order chi connectivity index (χ0) is 22.4. The predicted octanol–water partition coefficient (Wildman–Crippen LogP) is 3.15. The van der Waals surface area contributed by atoms with Crippen LogP contribution in [0.5, 0.6) is 0 Å². The van der Waals surface area contributed by atoms with Crippen LogP contribution < -0.4 is 0 Å². The van der Waals surface area contributed by atoms with E-state index in [1.807, 2.05) is 0 Å². The Kier molecular flexibility index (Phi) is 5.52. The Labute approximate surface area is 179 Å². The third-order valence-corrected chi connectivity index (χ3v) is 7.34. The summed E-state index contributed by atoms with van der Waals surface area (Å²) >= 11 is 0. The minimum atomic E-state index is -4.39. The second kappa shape index (κ2) is 7.76. The monoisotopic (exact) mass is 439 g/mol. The SMILES string of the molecule is CC(CC(F)(F)F)C(=O)N1CCC(O)(CN2Cc3cnccc3C2=O)C2(CCCC2)C1. The zero-order valence-electron chi connectivity index (χ0n) is 17.6. The van der Waals surface area contributed by atoms with Crippen molar-refractivity contribution in [3.63, 3.8) is 0 Å². The lowest BCUT2D eigenvalue weighted by molar-refractivity contribution is -0.172. The number of aromatic nitrogens is 1. The fraction of sp³-hybridized carbons (Fsp3) is 0.682. The summed E-state index contributed by atoms with van der Waals surface area (Å²) in [5.74, 6) is -1.80. The second-order valence-electron chi connectivity index (χ2n) is 9.44. The van der Waals surface area contributed by atoms with Gasteiger partial charge in [0.05, 0.1) is 18.6 Å². The number of aliphatic hydroxyl groups is 1. The van der Waals surface area contributed by atoms with E-state index in [1.165, 1.54) is 11.8 Å². The molecule has 2 atom stereocenters. The lowest BCUT2D eigenvalue weighted by atomic mass is 9.65. The molecule has 2 aliphatic heterocycles. The van der Waals surface area contributed by atoms with E-state index in [0.29, 0.717) is 24.9 Å². The van der Waals surface area contributed by atoms with E-state index in [9.17, 15) is 27.9 Å². The quantitative estimate of drug-likeness (QED) is 0.782. The summed E-state index contributed by atoms with van der Waals surface area (Å²) in [7, 11) is 0. The number of fused-ring (bicyclic) bond motifs is 1.